The average molecular weight is 391 g/mol. The minimum absolute atomic E-state index is 0.274. The molecule has 0 aliphatic rings. The quantitative estimate of drug-likeness (QED) is 0.432. The molecule has 0 fully saturated rings. The van der Waals surface area contributed by atoms with E-state index in [0.717, 1.165) is 22.2 Å². The smallest absolute Gasteiger partial charge is 0.339 e. The van der Waals surface area contributed by atoms with Crippen molar-refractivity contribution >= 4 is 45.8 Å². The molecule has 1 heterocycles. The molecule has 0 aliphatic carbocycles. The van der Waals surface area contributed by atoms with Crippen molar-refractivity contribution in [2.24, 2.45) is 12.2 Å². The zero-order valence-corrected chi connectivity index (χ0v) is 16.0. The summed E-state index contributed by atoms with van der Waals surface area (Å²) in [4.78, 5) is 22.8. The molecule has 0 spiro atoms. The molecule has 3 aromatic rings. The molecule has 0 bridgehead atoms. The van der Waals surface area contributed by atoms with Crippen LogP contribution in [0.15, 0.2) is 35.5 Å². The van der Waals surface area contributed by atoms with Crippen LogP contribution in [0.3, 0.4) is 0 Å². The number of aryl methyl sites for hydroxylation is 2. The van der Waals surface area contributed by atoms with Crippen LogP contribution in [0.1, 0.15) is 27.2 Å². The third-order valence-corrected chi connectivity index (χ3v) is 5.29. The lowest BCUT2D eigenvalue weighted by atomic mass is 10.0. The van der Waals surface area contributed by atoms with Crippen LogP contribution in [-0.4, -0.2) is 17.6 Å². The summed E-state index contributed by atoms with van der Waals surface area (Å²) in [5, 5.41) is 4.80. The number of methoxy groups -OCH3 is 1. The zero-order chi connectivity index (χ0) is 19.0. The number of carbonyl (C=O) groups excluding carboxylic acids is 1. The average Bonchev–Trinajstić information content (AvgIpc) is 2.94. The minimum atomic E-state index is -0.512. The molecule has 0 saturated heterocycles. The second kappa shape index (κ2) is 7.09. The third-order valence-electron chi connectivity index (χ3n) is 4.51. The SMILES string of the molecule is COC(=O)c1ccc(Cl)c(Cc2cc3c(C)cc(N=O)cc3n2C)c1Cl. The Morgan fingerprint density at radius 2 is 1.96 bits per heavy atom. The second-order valence-electron chi connectivity index (χ2n) is 6.04. The van der Waals surface area contributed by atoms with Gasteiger partial charge in [-0.15, -0.1) is 4.91 Å². The lowest BCUT2D eigenvalue weighted by molar-refractivity contribution is 0.0601. The number of aromatic nitrogens is 1. The van der Waals surface area contributed by atoms with Gasteiger partial charge in [-0.05, 0) is 53.6 Å². The monoisotopic (exact) mass is 390 g/mol. The van der Waals surface area contributed by atoms with Gasteiger partial charge in [0.05, 0.1) is 23.2 Å². The lowest BCUT2D eigenvalue weighted by Gasteiger charge is -2.11. The van der Waals surface area contributed by atoms with Crippen molar-refractivity contribution in [2.45, 2.75) is 13.3 Å². The third kappa shape index (κ3) is 3.08. The minimum Gasteiger partial charge on any atom is -0.465 e. The van der Waals surface area contributed by atoms with E-state index < -0.39 is 5.97 Å². The summed E-state index contributed by atoms with van der Waals surface area (Å²) < 4.78 is 6.73. The van der Waals surface area contributed by atoms with Crippen molar-refractivity contribution in [1.82, 2.24) is 4.57 Å². The highest BCUT2D eigenvalue weighted by atomic mass is 35.5. The van der Waals surface area contributed by atoms with Crippen LogP contribution >= 0.6 is 23.2 Å². The molecular weight excluding hydrogens is 375 g/mol. The molecule has 0 unspecified atom stereocenters. The summed E-state index contributed by atoms with van der Waals surface area (Å²) in [5.41, 5.74) is 4.10. The number of carbonyl (C=O) groups is 1. The Hall–Kier alpha value is -2.37. The van der Waals surface area contributed by atoms with E-state index >= 15 is 0 Å². The van der Waals surface area contributed by atoms with E-state index in [1.807, 2.05) is 24.6 Å². The van der Waals surface area contributed by atoms with Gasteiger partial charge >= 0.3 is 5.97 Å². The number of rotatable bonds is 4. The van der Waals surface area contributed by atoms with Gasteiger partial charge in [-0.25, -0.2) is 4.79 Å². The molecule has 26 heavy (non-hydrogen) atoms. The zero-order valence-electron chi connectivity index (χ0n) is 14.5. The van der Waals surface area contributed by atoms with Gasteiger partial charge in [0.15, 0.2) is 0 Å². The maximum Gasteiger partial charge on any atom is 0.339 e. The van der Waals surface area contributed by atoms with Crippen LogP contribution in [0, 0.1) is 11.8 Å². The molecule has 7 heteroatoms. The number of halogens is 2. The highest BCUT2D eigenvalue weighted by Gasteiger charge is 2.19. The van der Waals surface area contributed by atoms with Gasteiger partial charge < -0.3 is 9.30 Å². The summed E-state index contributed by atoms with van der Waals surface area (Å²) >= 11 is 12.7. The Balaban J connectivity index is 2.13. The number of fused-ring (bicyclic) bond motifs is 1. The Labute approximate surface area is 160 Å². The van der Waals surface area contributed by atoms with Crippen LogP contribution in [0.5, 0.6) is 0 Å². The van der Waals surface area contributed by atoms with Crippen molar-refractivity contribution in [1.29, 1.82) is 0 Å². The Morgan fingerprint density at radius 1 is 1.23 bits per heavy atom. The molecule has 2 aromatic carbocycles. The van der Waals surface area contributed by atoms with Crippen molar-refractivity contribution in [3.8, 4) is 0 Å². The summed E-state index contributed by atoms with van der Waals surface area (Å²) in [7, 11) is 3.20. The number of hydrogen-bond donors (Lipinski definition) is 0. The van der Waals surface area contributed by atoms with Crippen LogP contribution in [-0.2, 0) is 18.2 Å². The highest BCUT2D eigenvalue weighted by Crippen LogP contribution is 2.33. The number of hydrogen-bond acceptors (Lipinski definition) is 4. The summed E-state index contributed by atoms with van der Waals surface area (Å²) in [5.74, 6) is -0.512. The van der Waals surface area contributed by atoms with Crippen LogP contribution in [0.4, 0.5) is 5.69 Å². The molecule has 134 valence electrons. The van der Waals surface area contributed by atoms with Crippen molar-refractivity contribution in [3.63, 3.8) is 0 Å². The van der Waals surface area contributed by atoms with E-state index in [-0.39, 0.29) is 10.6 Å². The fraction of sp³-hybridized carbons (Fsp3) is 0.211. The van der Waals surface area contributed by atoms with Crippen molar-refractivity contribution < 1.29 is 9.53 Å². The van der Waals surface area contributed by atoms with E-state index in [9.17, 15) is 9.70 Å². The van der Waals surface area contributed by atoms with Crippen LogP contribution in [0.25, 0.3) is 10.9 Å². The summed E-state index contributed by atoms with van der Waals surface area (Å²) in [6.07, 6.45) is 0.428. The predicted molar refractivity (Wildman–Crippen MR) is 104 cm³/mol. The first-order valence-corrected chi connectivity index (χ1v) is 8.60. The molecule has 3 rings (SSSR count). The van der Waals surface area contributed by atoms with E-state index in [1.54, 1.807) is 24.3 Å². The molecule has 0 amide bonds. The number of nitrogens with zero attached hydrogens (tertiary/aromatic N) is 2. The molecule has 0 atom stereocenters. The Morgan fingerprint density at radius 3 is 2.62 bits per heavy atom. The van der Waals surface area contributed by atoms with Gasteiger partial charge in [0.1, 0.15) is 5.69 Å². The lowest BCUT2D eigenvalue weighted by Crippen LogP contribution is -2.05. The van der Waals surface area contributed by atoms with Gasteiger partial charge in [0, 0.05) is 29.6 Å². The Kier molecular flexibility index (Phi) is 5.03. The Bertz CT molecular complexity index is 1040. The molecule has 0 aliphatic heterocycles. The number of benzene rings is 2. The maximum atomic E-state index is 11.9. The van der Waals surface area contributed by atoms with Gasteiger partial charge in [0.2, 0.25) is 0 Å². The fourth-order valence-electron chi connectivity index (χ4n) is 3.08. The fourth-order valence-corrected chi connectivity index (χ4v) is 3.66. The van der Waals surface area contributed by atoms with Gasteiger partial charge in [-0.3, -0.25) is 0 Å². The van der Waals surface area contributed by atoms with E-state index in [0.29, 0.717) is 22.7 Å². The summed E-state index contributed by atoms with van der Waals surface area (Å²) in [6, 6.07) is 8.70. The topological polar surface area (TPSA) is 60.7 Å². The molecular formula is C19H16Cl2N2O3. The van der Waals surface area contributed by atoms with E-state index in [4.69, 9.17) is 27.9 Å². The molecule has 5 nitrogen and oxygen atoms in total. The van der Waals surface area contributed by atoms with E-state index in [1.165, 1.54) is 7.11 Å². The van der Waals surface area contributed by atoms with E-state index in [2.05, 4.69) is 5.18 Å². The first kappa shape index (κ1) is 18.4. The second-order valence-corrected chi connectivity index (χ2v) is 6.82. The van der Waals surface area contributed by atoms with Gasteiger partial charge in [0.25, 0.3) is 0 Å². The predicted octanol–water partition coefficient (Wildman–Crippen LogP) is 5.57. The number of esters is 1. The number of ether oxygens (including phenoxy) is 1. The number of nitroso groups, excluding NO2 is 1. The maximum absolute atomic E-state index is 11.9. The molecule has 0 N–H and O–H groups in total. The standard InChI is InChI=1S/C19H16Cl2N2O3/c1-10-6-11(22-25)7-17-14(10)8-12(23(17)2)9-15-16(20)5-4-13(18(15)21)19(24)26-3/h4-8H,9H2,1-3H3. The first-order valence-electron chi connectivity index (χ1n) is 7.84. The summed E-state index contributed by atoms with van der Waals surface area (Å²) in [6.45, 7) is 1.93. The first-order chi connectivity index (χ1) is 12.4. The largest absolute Gasteiger partial charge is 0.465 e. The van der Waals surface area contributed by atoms with Crippen LogP contribution < -0.4 is 0 Å². The highest BCUT2D eigenvalue weighted by molar-refractivity contribution is 6.38. The van der Waals surface area contributed by atoms with Crippen LogP contribution in [0.2, 0.25) is 10.0 Å². The van der Waals surface area contributed by atoms with Crippen molar-refractivity contribution in [3.05, 3.63) is 67.7 Å². The van der Waals surface area contributed by atoms with Gasteiger partial charge in [-0.1, -0.05) is 23.2 Å². The normalized spacial score (nSPS) is 11.0. The molecule has 0 saturated carbocycles. The van der Waals surface area contributed by atoms with Crippen molar-refractivity contribution in [2.75, 3.05) is 7.11 Å². The molecule has 1 aromatic heterocycles. The van der Waals surface area contributed by atoms with Gasteiger partial charge in [-0.2, -0.15) is 0 Å². The molecule has 0 radical (unpaired) electrons.